The van der Waals surface area contributed by atoms with Crippen molar-refractivity contribution >= 4 is 11.9 Å². The highest BCUT2D eigenvalue weighted by Crippen LogP contribution is 2.58. The quantitative estimate of drug-likeness (QED) is 0.344. The Labute approximate surface area is 250 Å². The summed E-state index contributed by atoms with van der Waals surface area (Å²) in [5.41, 5.74) is 10.5. The Morgan fingerprint density at radius 3 is 2.58 bits per heavy atom. The lowest BCUT2D eigenvalue weighted by atomic mass is 9.71. The van der Waals surface area contributed by atoms with Crippen molar-refractivity contribution < 1.29 is 33.6 Å². The molecular weight excluding hydrogens is 554 g/mol. The third kappa shape index (κ3) is 4.29. The lowest BCUT2D eigenvalue weighted by Gasteiger charge is -2.60. The maximum absolute atomic E-state index is 12.8. The van der Waals surface area contributed by atoms with Gasteiger partial charge in [0.1, 0.15) is 11.8 Å². The van der Waals surface area contributed by atoms with Crippen LogP contribution >= 0.6 is 0 Å². The minimum Gasteiger partial charge on any atom is -0.504 e. The van der Waals surface area contributed by atoms with Crippen LogP contribution in [0.4, 0.5) is 0 Å². The molecule has 2 unspecified atom stereocenters. The smallest absolute Gasteiger partial charge is 0.308 e. The van der Waals surface area contributed by atoms with E-state index in [9.17, 15) is 20.0 Å². The highest BCUT2D eigenvalue weighted by Gasteiger charge is 2.56. The number of phenolic OH excluding ortho intramolecular Hbond substituents is 1. The van der Waals surface area contributed by atoms with Crippen molar-refractivity contribution in [1.29, 1.82) is 5.26 Å². The molecular formula is C31H37N5O7. The Balaban J connectivity index is 1.61. The molecule has 0 aromatic heterocycles. The van der Waals surface area contributed by atoms with Gasteiger partial charge in [-0.3, -0.25) is 19.4 Å². The van der Waals surface area contributed by atoms with Crippen LogP contribution in [-0.4, -0.2) is 78.4 Å². The van der Waals surface area contributed by atoms with Crippen molar-refractivity contribution in [2.75, 3.05) is 27.5 Å². The van der Waals surface area contributed by atoms with E-state index in [2.05, 4.69) is 21.2 Å². The van der Waals surface area contributed by atoms with E-state index in [0.717, 1.165) is 22.3 Å². The SMILES string of the molecule is COc1c(C)cc2c(c1O)[C@@H]1C3Cc4c(OC(C)=O)c(C)c5c(c4[C@H](CNC(=O)[C@@H](C)N)N3[C@@H](C#N)C(C2)N1C)OCO5. The molecule has 12 heteroatoms. The second kappa shape index (κ2) is 10.6. The number of nitrogens with one attached hydrogen (secondary N) is 1. The third-order valence-corrected chi connectivity index (χ3v) is 9.39. The van der Waals surface area contributed by atoms with Gasteiger partial charge in [0, 0.05) is 47.8 Å². The van der Waals surface area contributed by atoms with Crippen LogP contribution in [0.2, 0.25) is 0 Å². The molecule has 1 saturated heterocycles. The summed E-state index contributed by atoms with van der Waals surface area (Å²) in [6.45, 7) is 6.79. The molecule has 0 spiro atoms. The molecule has 1 fully saturated rings. The van der Waals surface area contributed by atoms with Crippen molar-refractivity contribution in [3.05, 3.63) is 39.4 Å². The fraction of sp³-hybridized carbons (Fsp3) is 0.516. The van der Waals surface area contributed by atoms with E-state index in [1.54, 1.807) is 6.92 Å². The van der Waals surface area contributed by atoms with Gasteiger partial charge in [0.25, 0.3) is 0 Å². The predicted octanol–water partition coefficient (Wildman–Crippen LogP) is 1.91. The number of aryl methyl sites for hydroxylation is 1. The number of ether oxygens (including phenoxy) is 4. The lowest BCUT2D eigenvalue weighted by molar-refractivity contribution is -0.132. The number of phenols is 1. The minimum atomic E-state index is -0.739. The number of hydrogen-bond acceptors (Lipinski definition) is 11. The zero-order valence-corrected chi connectivity index (χ0v) is 25.2. The molecule has 2 aromatic carbocycles. The number of nitriles is 1. The van der Waals surface area contributed by atoms with Gasteiger partial charge in [-0.1, -0.05) is 6.07 Å². The summed E-state index contributed by atoms with van der Waals surface area (Å²) in [5.74, 6) is 1.05. The minimum absolute atomic E-state index is 0.00939. The first kappa shape index (κ1) is 29.0. The second-order valence-electron chi connectivity index (χ2n) is 11.9. The Morgan fingerprint density at radius 2 is 1.93 bits per heavy atom. The standard InChI is InChI=1S/C31H37N5O7/c1-13-7-17-8-19-21(10-32)36-20(25(35(19)5)23(17)26(38)27(13)40-6)9-18-24(22(36)11-34-31(39)15(3)33)30-29(41-12-42-30)14(2)28(18)43-16(4)37/h7,15,19-22,25,38H,8-9,11-12,33H2,1-6H3,(H,34,39)/t15-,19?,20?,21+,22+,25+/m1/s1. The molecule has 4 aliphatic rings. The van der Waals surface area contributed by atoms with Gasteiger partial charge in [-0.15, -0.1) is 0 Å². The van der Waals surface area contributed by atoms with E-state index in [-0.39, 0.29) is 43.1 Å². The Bertz CT molecular complexity index is 1570. The van der Waals surface area contributed by atoms with Gasteiger partial charge in [-0.2, -0.15) is 5.26 Å². The summed E-state index contributed by atoms with van der Waals surface area (Å²) in [7, 11) is 3.51. The zero-order valence-electron chi connectivity index (χ0n) is 25.2. The summed E-state index contributed by atoms with van der Waals surface area (Å²) >= 11 is 0. The van der Waals surface area contributed by atoms with Gasteiger partial charge in [-0.25, -0.2) is 0 Å². The molecule has 4 heterocycles. The molecule has 6 rings (SSSR count). The molecule has 0 saturated carbocycles. The summed E-state index contributed by atoms with van der Waals surface area (Å²) < 4.78 is 23.3. The summed E-state index contributed by atoms with van der Waals surface area (Å²) in [4.78, 5) is 29.4. The number of likely N-dealkylation sites (N-methyl/N-ethyl adjacent to an activating group) is 1. The molecule has 6 atom stereocenters. The van der Waals surface area contributed by atoms with Crippen LogP contribution in [0.5, 0.6) is 28.7 Å². The highest BCUT2D eigenvalue weighted by atomic mass is 16.7. The molecule has 4 N–H and O–H groups in total. The number of amides is 1. The number of carbonyl (C=O) groups is 2. The normalized spacial score (nSPS) is 26.0. The number of piperazine rings is 1. The average Bonchev–Trinajstić information content (AvgIpc) is 3.44. The van der Waals surface area contributed by atoms with Crippen LogP contribution in [0, 0.1) is 25.2 Å². The van der Waals surface area contributed by atoms with Crippen LogP contribution < -0.4 is 30.0 Å². The molecule has 2 aromatic rings. The van der Waals surface area contributed by atoms with E-state index >= 15 is 0 Å². The molecule has 4 aliphatic heterocycles. The topological polar surface area (TPSA) is 160 Å². The summed E-state index contributed by atoms with van der Waals surface area (Å²) in [6.07, 6.45) is 0.917. The number of benzene rings is 2. The Hall–Kier alpha value is -4.05. The number of nitrogens with zero attached hydrogens (tertiary/aromatic N) is 3. The number of aromatic hydroxyl groups is 1. The lowest BCUT2D eigenvalue weighted by Crippen LogP contribution is -2.68. The molecule has 1 amide bonds. The number of nitrogens with two attached hydrogens (primary N) is 1. The van der Waals surface area contributed by atoms with E-state index in [1.807, 2.05) is 27.0 Å². The van der Waals surface area contributed by atoms with Crippen LogP contribution in [0.25, 0.3) is 0 Å². The first-order valence-corrected chi connectivity index (χ1v) is 14.4. The van der Waals surface area contributed by atoms with Gasteiger partial charge in [0.15, 0.2) is 23.0 Å². The monoisotopic (exact) mass is 591 g/mol. The van der Waals surface area contributed by atoms with Gasteiger partial charge < -0.3 is 35.1 Å². The van der Waals surface area contributed by atoms with Gasteiger partial charge >= 0.3 is 5.97 Å². The number of rotatable bonds is 5. The molecule has 2 bridgehead atoms. The average molecular weight is 592 g/mol. The summed E-state index contributed by atoms with van der Waals surface area (Å²) in [6, 6.07) is 1.83. The third-order valence-electron chi connectivity index (χ3n) is 9.39. The van der Waals surface area contributed by atoms with Crippen LogP contribution in [0.3, 0.4) is 0 Å². The van der Waals surface area contributed by atoms with Crippen molar-refractivity contribution in [3.63, 3.8) is 0 Å². The maximum atomic E-state index is 12.8. The largest absolute Gasteiger partial charge is 0.504 e. The molecule has 43 heavy (non-hydrogen) atoms. The highest BCUT2D eigenvalue weighted by molar-refractivity contribution is 5.81. The van der Waals surface area contributed by atoms with Crippen LogP contribution in [0.1, 0.15) is 59.3 Å². The predicted molar refractivity (Wildman–Crippen MR) is 154 cm³/mol. The van der Waals surface area contributed by atoms with Gasteiger partial charge in [-0.05, 0) is 51.8 Å². The number of esters is 1. The van der Waals surface area contributed by atoms with Crippen LogP contribution in [-0.2, 0) is 22.4 Å². The first-order chi connectivity index (χ1) is 20.5. The van der Waals surface area contributed by atoms with E-state index in [0.29, 0.717) is 47.0 Å². The summed E-state index contributed by atoms with van der Waals surface area (Å²) in [5, 5.41) is 25.3. The molecule has 0 aliphatic carbocycles. The first-order valence-electron chi connectivity index (χ1n) is 14.4. The Morgan fingerprint density at radius 1 is 1.21 bits per heavy atom. The van der Waals surface area contributed by atoms with Crippen molar-refractivity contribution in [1.82, 2.24) is 15.1 Å². The molecule has 12 nitrogen and oxygen atoms in total. The fourth-order valence-corrected chi connectivity index (χ4v) is 7.67. The van der Waals surface area contributed by atoms with Crippen molar-refractivity contribution in [3.8, 4) is 34.8 Å². The number of methoxy groups -OCH3 is 1. The van der Waals surface area contributed by atoms with E-state index in [1.165, 1.54) is 14.0 Å². The number of carbonyl (C=O) groups excluding carboxylic acids is 2. The Kier molecular flexibility index (Phi) is 7.15. The van der Waals surface area contributed by atoms with E-state index < -0.39 is 24.1 Å². The second-order valence-corrected chi connectivity index (χ2v) is 11.9. The van der Waals surface area contributed by atoms with Gasteiger partial charge in [0.05, 0.1) is 31.3 Å². The van der Waals surface area contributed by atoms with Gasteiger partial charge in [0.2, 0.25) is 12.7 Å². The van der Waals surface area contributed by atoms with E-state index in [4.69, 9.17) is 24.7 Å². The molecule has 0 radical (unpaired) electrons. The van der Waals surface area contributed by atoms with Crippen molar-refractivity contribution in [2.45, 2.75) is 76.8 Å². The van der Waals surface area contributed by atoms with Crippen LogP contribution in [0.15, 0.2) is 6.07 Å². The maximum Gasteiger partial charge on any atom is 0.308 e. The van der Waals surface area contributed by atoms with Crippen molar-refractivity contribution in [2.24, 2.45) is 5.73 Å². The number of fused-ring (bicyclic) bond motifs is 9. The fourth-order valence-electron chi connectivity index (χ4n) is 7.67. The molecule has 228 valence electrons. The number of hydrogen-bond donors (Lipinski definition) is 3. The zero-order chi connectivity index (χ0) is 30.9.